The lowest BCUT2D eigenvalue weighted by Gasteiger charge is -2.46. The van der Waals surface area contributed by atoms with Gasteiger partial charge in [-0.1, -0.05) is 13.3 Å². The van der Waals surface area contributed by atoms with Gasteiger partial charge in [0.15, 0.2) is 0 Å². The zero-order valence-electron chi connectivity index (χ0n) is 8.65. The molecular formula is C10H14IN3O. The van der Waals surface area contributed by atoms with Crippen LogP contribution in [0.1, 0.15) is 19.8 Å². The van der Waals surface area contributed by atoms with Crippen LogP contribution in [-0.4, -0.2) is 33.8 Å². The van der Waals surface area contributed by atoms with Gasteiger partial charge in [-0.05, 0) is 29.0 Å². The molecule has 1 N–H and O–H groups in total. The van der Waals surface area contributed by atoms with Crippen molar-refractivity contribution in [3.8, 4) is 0 Å². The van der Waals surface area contributed by atoms with E-state index in [1.807, 2.05) is 4.90 Å². The third-order valence-electron chi connectivity index (χ3n) is 2.58. The average molecular weight is 319 g/mol. The molecule has 0 radical (unpaired) electrons. The summed E-state index contributed by atoms with van der Waals surface area (Å²) < 4.78 is 1.03. The largest absolute Gasteiger partial charge is 0.386 e. The van der Waals surface area contributed by atoms with Crippen molar-refractivity contribution in [1.82, 2.24) is 9.97 Å². The third kappa shape index (κ3) is 2.39. The van der Waals surface area contributed by atoms with Crippen LogP contribution in [0, 0.1) is 3.57 Å². The fraction of sp³-hybridized carbons (Fsp3) is 0.600. The second kappa shape index (κ2) is 4.21. The summed E-state index contributed by atoms with van der Waals surface area (Å²) in [4.78, 5) is 10.5. The predicted molar refractivity (Wildman–Crippen MR) is 66.8 cm³/mol. The lowest BCUT2D eigenvalue weighted by molar-refractivity contribution is 0.00245. The van der Waals surface area contributed by atoms with Crippen molar-refractivity contribution < 1.29 is 5.11 Å². The van der Waals surface area contributed by atoms with E-state index in [0.29, 0.717) is 13.1 Å². The first-order valence-corrected chi connectivity index (χ1v) is 6.16. The average Bonchev–Trinajstić information content (AvgIpc) is 2.16. The number of hydrogen-bond acceptors (Lipinski definition) is 4. The molecule has 0 amide bonds. The number of anilines is 1. The molecule has 0 atom stereocenters. The van der Waals surface area contributed by atoms with Crippen LogP contribution in [0.25, 0.3) is 0 Å². The second-order valence-electron chi connectivity index (χ2n) is 4.03. The molecule has 15 heavy (non-hydrogen) atoms. The smallest absolute Gasteiger partial charge is 0.225 e. The first-order chi connectivity index (χ1) is 7.13. The van der Waals surface area contributed by atoms with Gasteiger partial charge in [0.25, 0.3) is 0 Å². The van der Waals surface area contributed by atoms with Crippen molar-refractivity contribution in [3.63, 3.8) is 0 Å². The fourth-order valence-corrected chi connectivity index (χ4v) is 2.18. The van der Waals surface area contributed by atoms with Gasteiger partial charge in [-0.3, -0.25) is 0 Å². The maximum absolute atomic E-state index is 10.00. The lowest BCUT2D eigenvalue weighted by Crippen LogP contribution is -2.62. The first-order valence-electron chi connectivity index (χ1n) is 5.08. The van der Waals surface area contributed by atoms with E-state index in [4.69, 9.17) is 0 Å². The molecule has 0 unspecified atom stereocenters. The Morgan fingerprint density at radius 1 is 1.47 bits per heavy atom. The van der Waals surface area contributed by atoms with Gasteiger partial charge in [-0.15, -0.1) is 0 Å². The van der Waals surface area contributed by atoms with Crippen molar-refractivity contribution in [2.75, 3.05) is 18.0 Å². The van der Waals surface area contributed by atoms with Crippen molar-refractivity contribution in [2.45, 2.75) is 25.4 Å². The Morgan fingerprint density at radius 3 is 2.60 bits per heavy atom. The molecule has 1 aliphatic heterocycles. The molecule has 1 aliphatic rings. The van der Waals surface area contributed by atoms with Gasteiger partial charge < -0.3 is 10.0 Å². The zero-order chi connectivity index (χ0) is 10.9. The van der Waals surface area contributed by atoms with E-state index in [2.05, 4.69) is 39.5 Å². The second-order valence-corrected chi connectivity index (χ2v) is 5.28. The van der Waals surface area contributed by atoms with Crippen molar-refractivity contribution in [2.24, 2.45) is 0 Å². The molecule has 2 rings (SSSR count). The number of nitrogens with zero attached hydrogens (tertiary/aromatic N) is 3. The van der Waals surface area contributed by atoms with Crippen LogP contribution in [0.2, 0.25) is 0 Å². The maximum Gasteiger partial charge on any atom is 0.225 e. The summed E-state index contributed by atoms with van der Waals surface area (Å²) in [6, 6.07) is 0. The highest BCUT2D eigenvalue weighted by Crippen LogP contribution is 2.28. The van der Waals surface area contributed by atoms with E-state index in [1.165, 1.54) is 0 Å². The Labute approximate surface area is 103 Å². The van der Waals surface area contributed by atoms with Gasteiger partial charge in [-0.25, -0.2) is 9.97 Å². The van der Waals surface area contributed by atoms with E-state index in [0.717, 1.165) is 22.4 Å². The number of rotatable bonds is 3. The van der Waals surface area contributed by atoms with Gasteiger partial charge >= 0.3 is 0 Å². The molecule has 2 heterocycles. The van der Waals surface area contributed by atoms with Crippen LogP contribution in [0.3, 0.4) is 0 Å². The molecule has 82 valence electrons. The molecule has 0 bridgehead atoms. The molecule has 0 spiro atoms. The quantitative estimate of drug-likeness (QED) is 0.857. The van der Waals surface area contributed by atoms with Crippen molar-refractivity contribution >= 4 is 28.5 Å². The predicted octanol–water partition coefficient (Wildman–Crippen LogP) is 1.43. The SMILES string of the molecule is CCCC1(O)CN(c2ncc(I)cn2)C1. The number of aromatic nitrogens is 2. The van der Waals surface area contributed by atoms with Crippen LogP contribution in [-0.2, 0) is 0 Å². The van der Waals surface area contributed by atoms with Crippen molar-refractivity contribution in [1.29, 1.82) is 0 Å². The molecule has 0 aliphatic carbocycles. The van der Waals surface area contributed by atoms with Crippen LogP contribution in [0.5, 0.6) is 0 Å². The minimum absolute atomic E-state index is 0.513. The molecule has 1 aromatic rings. The summed E-state index contributed by atoms with van der Waals surface area (Å²) >= 11 is 2.18. The highest BCUT2D eigenvalue weighted by atomic mass is 127. The summed E-state index contributed by atoms with van der Waals surface area (Å²) in [6.45, 7) is 3.39. The molecule has 1 aromatic heterocycles. The summed E-state index contributed by atoms with van der Waals surface area (Å²) in [7, 11) is 0. The Hall–Kier alpha value is -0.430. The minimum atomic E-state index is -0.513. The highest BCUT2D eigenvalue weighted by Gasteiger charge is 2.41. The highest BCUT2D eigenvalue weighted by molar-refractivity contribution is 14.1. The zero-order valence-corrected chi connectivity index (χ0v) is 10.8. The number of aliphatic hydroxyl groups is 1. The van der Waals surface area contributed by atoms with Crippen LogP contribution >= 0.6 is 22.6 Å². The van der Waals surface area contributed by atoms with Gasteiger partial charge in [-0.2, -0.15) is 0 Å². The topological polar surface area (TPSA) is 49.2 Å². The van der Waals surface area contributed by atoms with Crippen LogP contribution in [0.15, 0.2) is 12.4 Å². The normalized spacial score (nSPS) is 18.7. The van der Waals surface area contributed by atoms with E-state index >= 15 is 0 Å². The minimum Gasteiger partial charge on any atom is -0.386 e. The lowest BCUT2D eigenvalue weighted by atomic mass is 9.90. The van der Waals surface area contributed by atoms with Crippen LogP contribution < -0.4 is 4.90 Å². The molecule has 0 saturated carbocycles. The van der Waals surface area contributed by atoms with Gasteiger partial charge in [0.1, 0.15) is 0 Å². The number of β-amino-alcohol motifs (C(OH)–C–C–N with tert-alkyl or cyclic N) is 1. The van der Waals surface area contributed by atoms with Crippen LogP contribution in [0.4, 0.5) is 5.95 Å². The van der Waals surface area contributed by atoms with E-state index in [-0.39, 0.29) is 0 Å². The summed E-state index contributed by atoms with van der Waals surface area (Å²) in [5, 5.41) is 10.00. The third-order valence-corrected chi connectivity index (χ3v) is 3.13. The standard InChI is InChI=1S/C10H14IN3O/c1-2-3-10(15)6-14(7-10)9-12-4-8(11)5-13-9/h4-5,15H,2-3,6-7H2,1H3. The molecule has 4 nitrogen and oxygen atoms in total. The number of halogens is 1. The van der Waals surface area contributed by atoms with Gasteiger partial charge in [0, 0.05) is 16.0 Å². The summed E-state index contributed by atoms with van der Waals surface area (Å²) in [5.41, 5.74) is -0.513. The molecule has 5 heteroatoms. The molecule has 1 saturated heterocycles. The molecule has 0 aromatic carbocycles. The Balaban J connectivity index is 1.97. The van der Waals surface area contributed by atoms with Gasteiger partial charge in [0.05, 0.1) is 18.7 Å². The van der Waals surface area contributed by atoms with Crippen molar-refractivity contribution in [3.05, 3.63) is 16.0 Å². The van der Waals surface area contributed by atoms with E-state index < -0.39 is 5.60 Å². The van der Waals surface area contributed by atoms with E-state index in [9.17, 15) is 5.11 Å². The Kier molecular flexibility index (Phi) is 3.11. The number of hydrogen-bond donors (Lipinski definition) is 1. The van der Waals surface area contributed by atoms with Gasteiger partial charge in [0.2, 0.25) is 5.95 Å². The van der Waals surface area contributed by atoms with E-state index in [1.54, 1.807) is 12.4 Å². The first kappa shape index (κ1) is 11.1. The Bertz CT molecular complexity index is 335. The molecular weight excluding hydrogens is 305 g/mol. The monoisotopic (exact) mass is 319 g/mol. The molecule has 1 fully saturated rings. The fourth-order valence-electron chi connectivity index (χ4n) is 1.90. The summed E-state index contributed by atoms with van der Waals surface area (Å²) in [5.74, 6) is 0.719. The summed E-state index contributed by atoms with van der Waals surface area (Å²) in [6.07, 6.45) is 5.45. The maximum atomic E-state index is 10.00. The Morgan fingerprint density at radius 2 is 2.07 bits per heavy atom.